The lowest BCUT2D eigenvalue weighted by molar-refractivity contribution is 0.103. The van der Waals surface area contributed by atoms with Crippen LogP contribution in [0.2, 0.25) is 10.0 Å². The summed E-state index contributed by atoms with van der Waals surface area (Å²) in [6.07, 6.45) is 0. The summed E-state index contributed by atoms with van der Waals surface area (Å²) >= 11 is 14.2. The lowest BCUT2D eigenvalue weighted by Gasteiger charge is -2.08. The third-order valence-electron chi connectivity index (χ3n) is 5.02. The van der Waals surface area contributed by atoms with Gasteiger partial charge in [-0.25, -0.2) is 4.98 Å². The van der Waals surface area contributed by atoms with Crippen LogP contribution in [0.5, 0.6) is 0 Å². The Bertz CT molecular complexity index is 1490. The Morgan fingerprint density at radius 2 is 1.87 bits per heavy atom. The van der Waals surface area contributed by atoms with E-state index in [4.69, 9.17) is 27.6 Å². The molecule has 0 unspecified atom stereocenters. The number of fused-ring (bicyclic) bond motifs is 2. The number of thiophene rings is 1. The Labute approximate surface area is 192 Å². The predicted molar refractivity (Wildman–Crippen MR) is 129 cm³/mol. The van der Waals surface area contributed by atoms with Gasteiger partial charge in [-0.1, -0.05) is 47.5 Å². The number of aryl methyl sites for hydroxylation is 2. The highest BCUT2D eigenvalue weighted by Crippen LogP contribution is 2.37. The molecule has 0 aliphatic carbocycles. The smallest absolute Gasteiger partial charge is 0.267 e. The van der Waals surface area contributed by atoms with Gasteiger partial charge in [-0.05, 0) is 55.3 Å². The third kappa shape index (κ3) is 3.59. The van der Waals surface area contributed by atoms with Crippen LogP contribution in [0.25, 0.3) is 32.6 Å². The van der Waals surface area contributed by atoms with E-state index in [0.29, 0.717) is 26.5 Å². The summed E-state index contributed by atoms with van der Waals surface area (Å²) < 4.78 is 6.95. The Hall–Kier alpha value is -2.86. The number of rotatable bonds is 3. The van der Waals surface area contributed by atoms with Crippen molar-refractivity contribution in [2.45, 2.75) is 13.8 Å². The molecule has 1 N–H and O–H groups in total. The van der Waals surface area contributed by atoms with Crippen molar-refractivity contribution in [3.05, 3.63) is 80.6 Å². The quantitative estimate of drug-likeness (QED) is 0.294. The lowest BCUT2D eigenvalue weighted by atomic mass is 10.1. The Morgan fingerprint density at radius 3 is 2.68 bits per heavy atom. The molecule has 0 fully saturated rings. The van der Waals surface area contributed by atoms with Crippen molar-refractivity contribution in [1.29, 1.82) is 0 Å². The van der Waals surface area contributed by atoms with Gasteiger partial charge in [0.1, 0.15) is 10.4 Å². The maximum absolute atomic E-state index is 12.9. The van der Waals surface area contributed by atoms with E-state index in [0.717, 1.165) is 37.9 Å². The van der Waals surface area contributed by atoms with E-state index in [9.17, 15) is 4.79 Å². The number of carbonyl (C=O) groups excluding carboxylic acids is 1. The standard InChI is InChI=1S/C24H16Cl2N2O2S/c1-12-9-13(2)21-18(10-12)28-24(30-21)14-7-8-16(25)17(11-14)27-23(29)22-20(26)15-5-3-4-6-19(15)31-22/h3-11H,1-2H3,(H,27,29). The summed E-state index contributed by atoms with van der Waals surface area (Å²) in [6, 6.07) is 17.0. The second-order valence-corrected chi connectivity index (χ2v) is 9.18. The van der Waals surface area contributed by atoms with Gasteiger partial charge in [0.05, 0.1) is 15.7 Å². The molecule has 0 saturated heterocycles. The molecule has 2 aromatic heterocycles. The number of halogens is 2. The van der Waals surface area contributed by atoms with E-state index < -0.39 is 0 Å². The van der Waals surface area contributed by atoms with Crippen molar-refractivity contribution >= 4 is 67.3 Å². The molecule has 5 rings (SSSR count). The fourth-order valence-electron chi connectivity index (χ4n) is 3.59. The monoisotopic (exact) mass is 466 g/mol. The van der Waals surface area contributed by atoms with E-state index in [1.54, 1.807) is 12.1 Å². The number of aromatic nitrogens is 1. The van der Waals surface area contributed by atoms with Crippen molar-refractivity contribution in [2.75, 3.05) is 5.32 Å². The van der Waals surface area contributed by atoms with E-state index in [-0.39, 0.29) is 5.91 Å². The normalized spacial score (nSPS) is 11.4. The van der Waals surface area contributed by atoms with Gasteiger partial charge in [0.2, 0.25) is 5.89 Å². The van der Waals surface area contributed by atoms with Crippen LogP contribution < -0.4 is 5.32 Å². The Morgan fingerprint density at radius 1 is 1.06 bits per heavy atom. The number of nitrogens with zero attached hydrogens (tertiary/aromatic N) is 1. The highest BCUT2D eigenvalue weighted by Gasteiger charge is 2.19. The van der Waals surface area contributed by atoms with Gasteiger partial charge in [0, 0.05) is 15.6 Å². The lowest BCUT2D eigenvalue weighted by Crippen LogP contribution is -2.11. The zero-order valence-corrected chi connectivity index (χ0v) is 19.0. The van der Waals surface area contributed by atoms with E-state index in [1.807, 2.05) is 50.2 Å². The maximum Gasteiger partial charge on any atom is 0.267 e. The van der Waals surface area contributed by atoms with Gasteiger partial charge in [-0.2, -0.15) is 0 Å². The van der Waals surface area contributed by atoms with Crippen LogP contribution in [0.4, 0.5) is 5.69 Å². The Balaban J connectivity index is 1.51. The van der Waals surface area contributed by atoms with E-state index in [2.05, 4.69) is 16.4 Å². The molecule has 5 aromatic rings. The minimum Gasteiger partial charge on any atom is -0.436 e. The number of amides is 1. The first-order valence-electron chi connectivity index (χ1n) is 9.57. The number of anilines is 1. The molecule has 2 heterocycles. The van der Waals surface area contributed by atoms with E-state index in [1.165, 1.54) is 11.3 Å². The maximum atomic E-state index is 12.9. The average Bonchev–Trinajstić information content (AvgIpc) is 3.31. The first kappa shape index (κ1) is 20.1. The summed E-state index contributed by atoms with van der Waals surface area (Å²) in [5, 5.41) is 4.59. The number of nitrogens with one attached hydrogen (secondary N) is 1. The van der Waals surface area contributed by atoms with Crippen molar-refractivity contribution in [2.24, 2.45) is 0 Å². The zero-order valence-electron chi connectivity index (χ0n) is 16.6. The van der Waals surface area contributed by atoms with E-state index >= 15 is 0 Å². The SMILES string of the molecule is Cc1cc(C)c2oc(-c3ccc(Cl)c(NC(=O)c4sc5ccccc5c4Cl)c3)nc2c1. The van der Waals surface area contributed by atoms with Crippen LogP contribution in [-0.4, -0.2) is 10.9 Å². The molecule has 0 saturated carbocycles. The minimum absolute atomic E-state index is 0.311. The van der Waals surface area contributed by atoms with Gasteiger partial charge in [0.15, 0.2) is 5.58 Å². The second-order valence-electron chi connectivity index (χ2n) is 7.34. The number of benzene rings is 3. The molecular weight excluding hydrogens is 451 g/mol. The number of oxazole rings is 1. The summed E-state index contributed by atoms with van der Waals surface area (Å²) in [6.45, 7) is 4.02. The number of hydrogen-bond donors (Lipinski definition) is 1. The van der Waals surface area contributed by atoms with Gasteiger partial charge in [-0.3, -0.25) is 4.79 Å². The molecule has 154 valence electrons. The zero-order chi connectivity index (χ0) is 21.7. The van der Waals surface area contributed by atoms with Crippen LogP contribution in [0.1, 0.15) is 20.8 Å². The minimum atomic E-state index is -0.311. The van der Waals surface area contributed by atoms with Crippen LogP contribution in [-0.2, 0) is 0 Å². The highest BCUT2D eigenvalue weighted by atomic mass is 35.5. The van der Waals surface area contributed by atoms with Crippen molar-refractivity contribution in [3.63, 3.8) is 0 Å². The summed E-state index contributed by atoms with van der Waals surface area (Å²) in [4.78, 5) is 18.0. The topological polar surface area (TPSA) is 55.1 Å². The van der Waals surface area contributed by atoms with Crippen molar-refractivity contribution < 1.29 is 9.21 Å². The number of carbonyl (C=O) groups is 1. The molecule has 3 aromatic carbocycles. The third-order valence-corrected chi connectivity index (χ3v) is 7.03. The van der Waals surface area contributed by atoms with Crippen LogP contribution >= 0.6 is 34.5 Å². The summed E-state index contributed by atoms with van der Waals surface area (Å²) in [5.41, 5.74) is 4.87. The first-order chi connectivity index (χ1) is 14.9. The van der Waals surface area contributed by atoms with Gasteiger partial charge in [0.25, 0.3) is 5.91 Å². The molecular formula is C24H16Cl2N2O2S. The molecule has 0 aliphatic rings. The summed E-state index contributed by atoms with van der Waals surface area (Å²) in [5.74, 6) is 0.157. The molecule has 0 atom stereocenters. The summed E-state index contributed by atoms with van der Waals surface area (Å²) in [7, 11) is 0. The molecule has 0 bridgehead atoms. The predicted octanol–water partition coefficient (Wildman–Crippen LogP) is 7.89. The molecule has 7 heteroatoms. The van der Waals surface area contributed by atoms with Gasteiger partial charge in [-0.15, -0.1) is 11.3 Å². The van der Waals surface area contributed by atoms with Crippen LogP contribution in [0.15, 0.2) is 59.0 Å². The number of hydrogen-bond acceptors (Lipinski definition) is 4. The molecule has 1 amide bonds. The van der Waals surface area contributed by atoms with Crippen molar-refractivity contribution in [3.8, 4) is 11.5 Å². The molecule has 0 aliphatic heterocycles. The van der Waals surface area contributed by atoms with Gasteiger partial charge < -0.3 is 9.73 Å². The molecule has 4 nitrogen and oxygen atoms in total. The highest BCUT2D eigenvalue weighted by molar-refractivity contribution is 7.21. The average molecular weight is 467 g/mol. The van der Waals surface area contributed by atoms with Gasteiger partial charge >= 0.3 is 0 Å². The first-order valence-corrected chi connectivity index (χ1v) is 11.1. The fraction of sp³-hybridized carbons (Fsp3) is 0.0833. The Kier molecular flexibility index (Phi) is 4.97. The largest absolute Gasteiger partial charge is 0.436 e. The van der Waals surface area contributed by atoms with Crippen LogP contribution in [0.3, 0.4) is 0 Å². The fourth-order valence-corrected chi connectivity index (χ4v) is 5.17. The molecule has 31 heavy (non-hydrogen) atoms. The second kappa shape index (κ2) is 7.68. The van der Waals surface area contributed by atoms with Crippen LogP contribution in [0, 0.1) is 13.8 Å². The molecule has 0 radical (unpaired) electrons. The molecule has 0 spiro atoms. The van der Waals surface area contributed by atoms with Crippen molar-refractivity contribution in [1.82, 2.24) is 4.98 Å².